The summed E-state index contributed by atoms with van der Waals surface area (Å²) in [5, 5.41) is 7.12. The second kappa shape index (κ2) is 12.4. The summed E-state index contributed by atoms with van der Waals surface area (Å²) in [4.78, 5) is 22.5. The van der Waals surface area contributed by atoms with Gasteiger partial charge in [0.1, 0.15) is 12.4 Å². The van der Waals surface area contributed by atoms with E-state index in [-0.39, 0.29) is 0 Å². The molecule has 0 atom stereocenters. The van der Waals surface area contributed by atoms with Crippen LogP contribution in [-0.2, 0) is 11.3 Å². The number of benzene rings is 3. The van der Waals surface area contributed by atoms with Crippen LogP contribution in [0.4, 0.5) is 13.2 Å². The summed E-state index contributed by atoms with van der Waals surface area (Å²) >= 11 is 0. The minimum atomic E-state index is -5.08. The van der Waals surface area contributed by atoms with Gasteiger partial charge in [0.25, 0.3) is 0 Å². The van der Waals surface area contributed by atoms with Crippen LogP contribution in [-0.4, -0.2) is 48.3 Å². The summed E-state index contributed by atoms with van der Waals surface area (Å²) in [5.74, 6) is -2.35. The number of amides is 1. The molecule has 3 N–H and O–H groups in total. The zero-order valence-electron chi connectivity index (χ0n) is 18.5. The molecule has 0 saturated heterocycles. The molecule has 34 heavy (non-hydrogen) atoms. The van der Waals surface area contributed by atoms with Gasteiger partial charge in [-0.2, -0.15) is 13.2 Å². The molecule has 3 aromatic carbocycles. The molecule has 3 aromatic rings. The van der Waals surface area contributed by atoms with Crippen LogP contribution in [0.25, 0.3) is 11.1 Å². The topological polar surface area (TPSA) is 92.9 Å². The van der Waals surface area contributed by atoms with Crippen LogP contribution in [0, 0.1) is 0 Å². The summed E-state index contributed by atoms with van der Waals surface area (Å²) < 4.78 is 37.6. The fourth-order valence-corrected chi connectivity index (χ4v) is 2.89. The summed E-state index contributed by atoms with van der Waals surface area (Å²) in [7, 11) is 2.09. The normalized spacial score (nSPS) is 10.9. The lowest BCUT2D eigenvalue weighted by Gasteiger charge is -2.17. The highest BCUT2D eigenvalue weighted by atomic mass is 19.4. The minimum absolute atomic E-state index is 0.420. The first-order chi connectivity index (χ1) is 16.1. The molecule has 0 aliphatic carbocycles. The first kappa shape index (κ1) is 26.4. The Balaban J connectivity index is 0.000000509. The standard InChI is InChI=1S/C23H24N2O2.C2HF3O2/c1-25(17-18-6-3-2-4-7-18)14-15-27-22-12-10-19(11-13-22)20-8-5-9-21(16-20)23(24)26;3-2(4,5)1(6)7/h2-13,16H,14-15,17H2,1H3,(H2,24,26);(H,6,7). The van der Waals surface area contributed by atoms with Gasteiger partial charge in [-0.3, -0.25) is 9.69 Å². The van der Waals surface area contributed by atoms with Crippen molar-refractivity contribution in [1.29, 1.82) is 0 Å². The van der Waals surface area contributed by atoms with E-state index in [4.69, 9.17) is 20.4 Å². The van der Waals surface area contributed by atoms with Crippen molar-refractivity contribution in [3.8, 4) is 16.9 Å². The highest BCUT2D eigenvalue weighted by molar-refractivity contribution is 5.94. The molecule has 1 amide bonds. The van der Waals surface area contributed by atoms with Crippen molar-refractivity contribution in [2.75, 3.05) is 20.2 Å². The second-order valence-electron chi connectivity index (χ2n) is 7.34. The Morgan fingerprint density at radius 2 is 1.56 bits per heavy atom. The number of carbonyl (C=O) groups is 2. The van der Waals surface area contributed by atoms with Crippen LogP contribution >= 0.6 is 0 Å². The van der Waals surface area contributed by atoms with Gasteiger partial charge in [0.05, 0.1) is 0 Å². The van der Waals surface area contributed by atoms with E-state index >= 15 is 0 Å². The van der Waals surface area contributed by atoms with Gasteiger partial charge in [-0.05, 0) is 48.0 Å². The molecule has 3 rings (SSSR count). The lowest BCUT2D eigenvalue weighted by atomic mass is 10.0. The number of primary amides is 1. The Morgan fingerprint density at radius 1 is 0.941 bits per heavy atom. The second-order valence-corrected chi connectivity index (χ2v) is 7.34. The number of ether oxygens (including phenoxy) is 1. The van der Waals surface area contributed by atoms with Crippen LogP contribution in [0.1, 0.15) is 15.9 Å². The number of hydrogen-bond donors (Lipinski definition) is 2. The van der Waals surface area contributed by atoms with Crippen LogP contribution < -0.4 is 10.5 Å². The van der Waals surface area contributed by atoms with Crippen molar-refractivity contribution in [1.82, 2.24) is 4.90 Å². The molecule has 0 bridgehead atoms. The largest absolute Gasteiger partial charge is 0.492 e. The molecule has 0 heterocycles. The number of carboxylic acid groups (broad SMARTS) is 1. The smallest absolute Gasteiger partial charge is 0.490 e. The number of halogens is 3. The molecule has 0 aliphatic rings. The van der Waals surface area contributed by atoms with Crippen LogP contribution in [0.3, 0.4) is 0 Å². The van der Waals surface area contributed by atoms with Gasteiger partial charge >= 0.3 is 12.1 Å². The van der Waals surface area contributed by atoms with Crippen molar-refractivity contribution in [3.05, 3.63) is 90.0 Å². The average molecular weight is 474 g/mol. The number of aliphatic carboxylic acids is 1. The highest BCUT2D eigenvalue weighted by Crippen LogP contribution is 2.23. The van der Waals surface area contributed by atoms with Crippen LogP contribution in [0.2, 0.25) is 0 Å². The van der Waals surface area contributed by atoms with E-state index in [1.165, 1.54) is 5.56 Å². The number of carbonyl (C=O) groups excluding carboxylic acids is 1. The zero-order valence-corrected chi connectivity index (χ0v) is 18.5. The third-order valence-electron chi connectivity index (χ3n) is 4.61. The molecular weight excluding hydrogens is 449 g/mol. The molecule has 0 saturated carbocycles. The summed E-state index contributed by atoms with van der Waals surface area (Å²) in [6.45, 7) is 2.37. The van der Waals surface area contributed by atoms with Gasteiger partial charge in [0.2, 0.25) is 5.91 Å². The van der Waals surface area contributed by atoms with Crippen molar-refractivity contribution in [2.45, 2.75) is 12.7 Å². The highest BCUT2D eigenvalue weighted by Gasteiger charge is 2.38. The maximum Gasteiger partial charge on any atom is 0.490 e. The minimum Gasteiger partial charge on any atom is -0.492 e. The number of nitrogens with zero attached hydrogens (tertiary/aromatic N) is 1. The SMILES string of the molecule is CN(CCOc1ccc(-c2cccc(C(N)=O)c2)cc1)Cc1ccccc1.O=C(O)C(F)(F)F. The van der Waals surface area contributed by atoms with E-state index in [0.717, 1.165) is 30.0 Å². The maximum absolute atomic E-state index is 11.3. The Bertz CT molecular complexity index is 1070. The maximum atomic E-state index is 11.3. The first-order valence-electron chi connectivity index (χ1n) is 10.2. The zero-order chi connectivity index (χ0) is 25.1. The molecule has 0 spiro atoms. The van der Waals surface area contributed by atoms with Gasteiger partial charge in [-0.25, -0.2) is 4.79 Å². The van der Waals surface area contributed by atoms with Crippen LogP contribution in [0.5, 0.6) is 5.75 Å². The molecule has 0 fully saturated rings. The van der Waals surface area contributed by atoms with Gasteiger partial charge < -0.3 is 15.6 Å². The third-order valence-corrected chi connectivity index (χ3v) is 4.61. The van der Waals surface area contributed by atoms with E-state index in [9.17, 15) is 18.0 Å². The number of likely N-dealkylation sites (N-methyl/N-ethyl adjacent to an activating group) is 1. The van der Waals surface area contributed by atoms with E-state index in [0.29, 0.717) is 12.2 Å². The third kappa shape index (κ3) is 8.95. The van der Waals surface area contributed by atoms with E-state index < -0.39 is 18.1 Å². The lowest BCUT2D eigenvalue weighted by molar-refractivity contribution is -0.192. The summed E-state index contributed by atoms with van der Waals surface area (Å²) in [5.41, 5.74) is 9.13. The van der Waals surface area contributed by atoms with Crippen LogP contribution in [0.15, 0.2) is 78.9 Å². The van der Waals surface area contributed by atoms with Gasteiger partial charge in [0, 0.05) is 18.7 Å². The Kier molecular flexibility index (Phi) is 9.63. The van der Waals surface area contributed by atoms with Crippen molar-refractivity contribution >= 4 is 11.9 Å². The van der Waals surface area contributed by atoms with Gasteiger partial charge in [-0.1, -0.05) is 54.6 Å². The molecule has 9 heteroatoms. The fraction of sp³-hybridized carbons (Fsp3) is 0.200. The molecule has 180 valence electrons. The van der Waals surface area contributed by atoms with Crippen molar-refractivity contribution < 1.29 is 32.6 Å². The number of nitrogens with two attached hydrogens (primary N) is 1. The monoisotopic (exact) mass is 474 g/mol. The average Bonchev–Trinajstić information content (AvgIpc) is 2.80. The molecule has 0 aromatic heterocycles. The van der Waals surface area contributed by atoms with Gasteiger partial charge in [0.15, 0.2) is 0 Å². The summed E-state index contributed by atoms with van der Waals surface area (Å²) in [6, 6.07) is 25.6. The molecule has 0 unspecified atom stereocenters. The number of carboxylic acids is 1. The van der Waals surface area contributed by atoms with E-state index in [2.05, 4.69) is 36.2 Å². The number of alkyl halides is 3. The fourth-order valence-electron chi connectivity index (χ4n) is 2.89. The predicted octanol–water partition coefficient (Wildman–Crippen LogP) is 4.60. The van der Waals surface area contributed by atoms with Crippen molar-refractivity contribution in [3.63, 3.8) is 0 Å². The molecular formula is C25H25F3N2O4. The first-order valence-corrected chi connectivity index (χ1v) is 10.2. The number of hydrogen-bond acceptors (Lipinski definition) is 4. The molecule has 6 nitrogen and oxygen atoms in total. The Morgan fingerprint density at radius 3 is 2.12 bits per heavy atom. The Labute approximate surface area is 195 Å². The van der Waals surface area contributed by atoms with E-state index in [1.54, 1.807) is 12.1 Å². The molecule has 0 aliphatic heterocycles. The van der Waals surface area contributed by atoms with Crippen molar-refractivity contribution in [2.24, 2.45) is 5.73 Å². The number of rotatable bonds is 8. The summed E-state index contributed by atoms with van der Waals surface area (Å²) in [6.07, 6.45) is -5.08. The quantitative estimate of drug-likeness (QED) is 0.498. The van der Waals surface area contributed by atoms with E-state index in [1.807, 2.05) is 42.5 Å². The van der Waals surface area contributed by atoms with Gasteiger partial charge in [-0.15, -0.1) is 0 Å². The Hall–Kier alpha value is -3.85. The lowest BCUT2D eigenvalue weighted by Crippen LogP contribution is -2.23. The predicted molar refractivity (Wildman–Crippen MR) is 122 cm³/mol. The molecule has 0 radical (unpaired) electrons.